The molecule has 2 rings (SSSR count). The predicted molar refractivity (Wildman–Crippen MR) is 79.8 cm³/mol. The largest absolute Gasteiger partial charge is 0.322 e. The van der Waals surface area contributed by atoms with Gasteiger partial charge in [0.25, 0.3) is 0 Å². The minimum absolute atomic E-state index is 0.00790. The predicted octanol–water partition coefficient (Wildman–Crippen LogP) is 4.44. The van der Waals surface area contributed by atoms with Crippen LogP contribution in [0.3, 0.4) is 0 Å². The summed E-state index contributed by atoms with van der Waals surface area (Å²) in [5, 5.41) is 3.63. The van der Waals surface area contributed by atoms with Gasteiger partial charge in [-0.05, 0) is 50.3 Å². The number of benzene rings is 1. The van der Waals surface area contributed by atoms with Gasteiger partial charge in [0, 0.05) is 23.3 Å². The minimum Gasteiger partial charge on any atom is -0.322 e. The monoisotopic (exact) mass is 280 g/mol. The molecule has 1 atom stereocenters. The molecular formula is C15H21ClN2O. The van der Waals surface area contributed by atoms with E-state index in [0.29, 0.717) is 11.1 Å². The third kappa shape index (κ3) is 3.41. The van der Waals surface area contributed by atoms with Gasteiger partial charge >= 0.3 is 6.03 Å². The molecule has 1 heterocycles. The van der Waals surface area contributed by atoms with Crippen LogP contribution in [-0.4, -0.2) is 23.5 Å². The number of carbonyl (C=O) groups is 1. The van der Waals surface area contributed by atoms with E-state index in [-0.39, 0.29) is 6.03 Å². The molecule has 4 heteroatoms. The van der Waals surface area contributed by atoms with Gasteiger partial charge in [-0.15, -0.1) is 0 Å². The summed E-state index contributed by atoms with van der Waals surface area (Å²) < 4.78 is 0. The zero-order valence-electron chi connectivity index (χ0n) is 11.6. The quantitative estimate of drug-likeness (QED) is 0.853. The van der Waals surface area contributed by atoms with Crippen molar-refractivity contribution in [2.24, 2.45) is 0 Å². The first kappa shape index (κ1) is 14.2. The summed E-state index contributed by atoms with van der Waals surface area (Å²) in [6, 6.07) is 5.98. The Morgan fingerprint density at radius 1 is 1.47 bits per heavy atom. The van der Waals surface area contributed by atoms with Gasteiger partial charge in [0.1, 0.15) is 0 Å². The average molecular weight is 281 g/mol. The molecule has 2 amide bonds. The van der Waals surface area contributed by atoms with Crippen LogP contribution in [0.5, 0.6) is 0 Å². The van der Waals surface area contributed by atoms with Crippen molar-refractivity contribution in [1.29, 1.82) is 0 Å². The number of carbonyl (C=O) groups excluding carboxylic acids is 1. The second-order valence-corrected chi connectivity index (χ2v) is 5.55. The molecule has 1 aliphatic heterocycles. The topological polar surface area (TPSA) is 32.3 Å². The van der Waals surface area contributed by atoms with Crippen molar-refractivity contribution in [2.45, 2.75) is 45.6 Å². The summed E-state index contributed by atoms with van der Waals surface area (Å²) in [5.74, 6) is 0. The molecule has 3 nitrogen and oxygen atoms in total. The summed E-state index contributed by atoms with van der Waals surface area (Å²) in [7, 11) is 0. The Hall–Kier alpha value is -1.22. The van der Waals surface area contributed by atoms with Gasteiger partial charge in [-0.3, -0.25) is 0 Å². The number of nitrogens with zero attached hydrogens (tertiary/aromatic N) is 1. The van der Waals surface area contributed by atoms with Crippen molar-refractivity contribution >= 4 is 23.3 Å². The van der Waals surface area contributed by atoms with Gasteiger partial charge < -0.3 is 10.2 Å². The number of rotatable bonds is 2. The molecule has 0 bridgehead atoms. The number of aryl methyl sites for hydroxylation is 1. The van der Waals surface area contributed by atoms with Crippen LogP contribution < -0.4 is 5.32 Å². The second-order valence-electron chi connectivity index (χ2n) is 5.15. The molecule has 0 aliphatic carbocycles. The molecule has 1 aromatic rings. The van der Waals surface area contributed by atoms with Crippen LogP contribution in [0.15, 0.2) is 18.2 Å². The zero-order chi connectivity index (χ0) is 13.8. The van der Waals surface area contributed by atoms with Gasteiger partial charge in [0.15, 0.2) is 0 Å². The van der Waals surface area contributed by atoms with Crippen LogP contribution in [0, 0.1) is 6.92 Å². The molecule has 0 aromatic heterocycles. The number of nitrogens with one attached hydrogen (secondary N) is 1. The van der Waals surface area contributed by atoms with E-state index in [1.165, 1.54) is 6.42 Å². The van der Waals surface area contributed by atoms with E-state index in [2.05, 4.69) is 12.2 Å². The van der Waals surface area contributed by atoms with E-state index in [1.807, 2.05) is 24.0 Å². The van der Waals surface area contributed by atoms with Gasteiger partial charge in [0.2, 0.25) is 0 Å². The van der Waals surface area contributed by atoms with Crippen LogP contribution in [0.2, 0.25) is 5.02 Å². The lowest BCUT2D eigenvalue weighted by Crippen LogP contribution is -2.45. The van der Waals surface area contributed by atoms with Gasteiger partial charge in [-0.25, -0.2) is 4.79 Å². The fourth-order valence-electron chi connectivity index (χ4n) is 2.56. The number of halogens is 1. The first-order valence-corrected chi connectivity index (χ1v) is 7.33. The van der Waals surface area contributed by atoms with E-state index in [1.54, 1.807) is 6.07 Å². The lowest BCUT2D eigenvalue weighted by Gasteiger charge is -2.35. The third-order valence-corrected chi connectivity index (χ3v) is 4.19. The number of likely N-dealkylation sites (tertiary alicyclic amines) is 1. The minimum atomic E-state index is -0.00790. The van der Waals surface area contributed by atoms with E-state index in [9.17, 15) is 4.79 Å². The van der Waals surface area contributed by atoms with E-state index in [0.717, 1.165) is 37.1 Å². The molecule has 0 saturated carbocycles. The lowest BCUT2D eigenvalue weighted by atomic mass is 10.0. The van der Waals surface area contributed by atoms with Crippen molar-refractivity contribution < 1.29 is 4.79 Å². The number of hydrogen-bond acceptors (Lipinski definition) is 1. The van der Waals surface area contributed by atoms with Crippen LogP contribution in [0.4, 0.5) is 10.5 Å². The highest BCUT2D eigenvalue weighted by Crippen LogP contribution is 2.23. The van der Waals surface area contributed by atoms with Crippen LogP contribution in [0.1, 0.15) is 38.2 Å². The molecule has 1 fully saturated rings. The fraction of sp³-hybridized carbons (Fsp3) is 0.533. The van der Waals surface area contributed by atoms with Crippen molar-refractivity contribution in [3.8, 4) is 0 Å². The molecule has 1 unspecified atom stereocenters. The Labute approximate surface area is 119 Å². The van der Waals surface area contributed by atoms with Crippen LogP contribution >= 0.6 is 11.6 Å². The standard InChI is InChI=1S/C15H21ClN2O/c1-3-13-6-4-5-9-18(13)15(19)17-12-8-7-11(2)14(16)10-12/h7-8,10,13H,3-6,9H2,1-2H3,(H,17,19). The van der Waals surface area contributed by atoms with Gasteiger partial charge in [0.05, 0.1) is 0 Å². The zero-order valence-corrected chi connectivity index (χ0v) is 12.3. The fourth-order valence-corrected chi connectivity index (χ4v) is 2.74. The smallest absolute Gasteiger partial charge is 0.322 e. The Balaban J connectivity index is 2.05. The molecule has 0 spiro atoms. The first-order chi connectivity index (χ1) is 9.11. The van der Waals surface area contributed by atoms with Crippen molar-refractivity contribution in [2.75, 3.05) is 11.9 Å². The molecule has 1 saturated heterocycles. The number of piperidine rings is 1. The Morgan fingerprint density at radius 3 is 2.95 bits per heavy atom. The van der Waals surface area contributed by atoms with Gasteiger partial charge in [-0.1, -0.05) is 24.6 Å². The van der Waals surface area contributed by atoms with E-state index >= 15 is 0 Å². The number of urea groups is 1. The summed E-state index contributed by atoms with van der Waals surface area (Å²) in [6.45, 7) is 4.94. The molecule has 1 N–H and O–H groups in total. The van der Waals surface area contributed by atoms with Gasteiger partial charge in [-0.2, -0.15) is 0 Å². The Morgan fingerprint density at radius 2 is 2.26 bits per heavy atom. The highest BCUT2D eigenvalue weighted by Gasteiger charge is 2.25. The molecule has 0 radical (unpaired) electrons. The molecule has 104 valence electrons. The maximum absolute atomic E-state index is 12.3. The highest BCUT2D eigenvalue weighted by molar-refractivity contribution is 6.31. The molecular weight excluding hydrogens is 260 g/mol. The number of anilines is 1. The number of hydrogen-bond donors (Lipinski definition) is 1. The Kier molecular flexibility index (Phi) is 4.70. The summed E-state index contributed by atoms with van der Waals surface area (Å²) in [5.41, 5.74) is 1.78. The summed E-state index contributed by atoms with van der Waals surface area (Å²) in [4.78, 5) is 14.3. The summed E-state index contributed by atoms with van der Waals surface area (Å²) in [6.07, 6.45) is 4.44. The maximum atomic E-state index is 12.3. The third-order valence-electron chi connectivity index (χ3n) is 3.78. The van der Waals surface area contributed by atoms with E-state index in [4.69, 9.17) is 11.6 Å². The normalized spacial score (nSPS) is 19.3. The SMILES string of the molecule is CCC1CCCCN1C(=O)Nc1ccc(C)c(Cl)c1. The van der Waals surface area contributed by atoms with Crippen LogP contribution in [-0.2, 0) is 0 Å². The first-order valence-electron chi connectivity index (χ1n) is 6.95. The number of amides is 2. The van der Waals surface area contributed by atoms with E-state index < -0.39 is 0 Å². The van der Waals surface area contributed by atoms with Crippen molar-refractivity contribution in [3.05, 3.63) is 28.8 Å². The van der Waals surface area contributed by atoms with Crippen molar-refractivity contribution in [1.82, 2.24) is 4.90 Å². The Bertz CT molecular complexity index is 461. The summed E-state index contributed by atoms with van der Waals surface area (Å²) >= 11 is 6.07. The van der Waals surface area contributed by atoms with Crippen molar-refractivity contribution in [3.63, 3.8) is 0 Å². The second kappa shape index (κ2) is 6.29. The maximum Gasteiger partial charge on any atom is 0.322 e. The van der Waals surface area contributed by atoms with Crippen LogP contribution in [0.25, 0.3) is 0 Å². The average Bonchev–Trinajstić information content (AvgIpc) is 2.43. The molecule has 19 heavy (non-hydrogen) atoms. The lowest BCUT2D eigenvalue weighted by molar-refractivity contribution is 0.160. The molecule has 1 aliphatic rings. The highest BCUT2D eigenvalue weighted by atomic mass is 35.5. The molecule has 1 aromatic carbocycles.